The first-order valence-electron chi connectivity index (χ1n) is 2.48. The van der Waals surface area contributed by atoms with Crippen molar-refractivity contribution in [3.8, 4) is 0 Å². The van der Waals surface area contributed by atoms with Crippen molar-refractivity contribution in [1.29, 1.82) is 0 Å². The number of primary amides is 2. The van der Waals surface area contributed by atoms with E-state index in [0.717, 1.165) is 12.1 Å². The summed E-state index contributed by atoms with van der Waals surface area (Å²) in [5.74, 6) is 0. The van der Waals surface area contributed by atoms with E-state index in [1.807, 2.05) is 6.92 Å². The molecule has 0 aliphatic carbocycles. The third kappa shape index (κ3) is 240. The molecule has 4 heteroatoms. The zero-order valence-electron chi connectivity index (χ0n) is 5.55. The molecule has 6 N–H and O–H groups in total. The number of hydrogen-bond donors (Lipinski definition) is 3. The maximum absolute atomic E-state index is 9.00. The number of hydrogen-bond acceptors (Lipinski definition) is 2. The second kappa shape index (κ2) is 6.81. The third-order valence-corrected chi connectivity index (χ3v) is 0.454. The van der Waals surface area contributed by atoms with E-state index in [2.05, 4.69) is 18.0 Å². The maximum atomic E-state index is 9.00. The Morgan fingerprint density at radius 1 is 1.44 bits per heavy atom. The Balaban J connectivity index is 0. The van der Waals surface area contributed by atoms with Crippen LogP contribution in [0.1, 0.15) is 13.3 Å². The van der Waals surface area contributed by atoms with Gasteiger partial charge in [-0.05, 0) is 6.42 Å². The van der Waals surface area contributed by atoms with Crippen molar-refractivity contribution in [2.45, 2.75) is 13.3 Å². The van der Waals surface area contributed by atoms with Crippen molar-refractivity contribution in [1.82, 2.24) is 0 Å². The molecule has 0 aliphatic rings. The Hall–Kier alpha value is -1.19. The molecule has 54 valence electrons. The highest BCUT2D eigenvalue weighted by Crippen LogP contribution is 1.79. The van der Waals surface area contributed by atoms with Crippen LogP contribution in [-0.2, 0) is 0 Å². The molecular weight excluding hydrogens is 118 g/mol. The topological polar surface area (TPSA) is 95.1 Å². The number of allylic oxidation sites excluding steroid dienone is 1. The van der Waals surface area contributed by atoms with Crippen molar-refractivity contribution in [2.24, 2.45) is 17.2 Å². The summed E-state index contributed by atoms with van der Waals surface area (Å²) in [7, 11) is 0. The summed E-state index contributed by atoms with van der Waals surface area (Å²) < 4.78 is 0. The fourth-order valence-corrected chi connectivity index (χ4v) is 0. The van der Waals surface area contributed by atoms with Gasteiger partial charge in [0.1, 0.15) is 0 Å². The fraction of sp³-hybridized carbons (Fsp3) is 0.400. The van der Waals surface area contributed by atoms with Crippen molar-refractivity contribution >= 4 is 6.03 Å². The highest BCUT2D eigenvalue weighted by atomic mass is 16.2. The molecule has 0 fully saturated rings. The van der Waals surface area contributed by atoms with Gasteiger partial charge in [0, 0.05) is 5.70 Å². The summed E-state index contributed by atoms with van der Waals surface area (Å²) in [5, 5.41) is 0. The van der Waals surface area contributed by atoms with Crippen LogP contribution >= 0.6 is 0 Å². The van der Waals surface area contributed by atoms with Gasteiger partial charge in [-0.15, -0.1) is 0 Å². The monoisotopic (exact) mass is 131 g/mol. The maximum Gasteiger partial charge on any atom is 0.309 e. The summed E-state index contributed by atoms with van der Waals surface area (Å²) in [5.41, 5.74) is 14.4. The number of carbonyl (C=O) groups is 1. The smallest absolute Gasteiger partial charge is 0.309 e. The van der Waals surface area contributed by atoms with Crippen LogP contribution in [0, 0.1) is 0 Å². The zero-order valence-corrected chi connectivity index (χ0v) is 5.55. The van der Waals surface area contributed by atoms with Crippen LogP contribution in [0.3, 0.4) is 0 Å². The molecule has 0 aliphatic heterocycles. The van der Waals surface area contributed by atoms with Gasteiger partial charge in [0.15, 0.2) is 0 Å². The van der Waals surface area contributed by atoms with Gasteiger partial charge >= 0.3 is 6.03 Å². The molecular formula is C5H13N3O. The Labute approximate surface area is 54.7 Å². The molecule has 0 aromatic carbocycles. The van der Waals surface area contributed by atoms with Crippen molar-refractivity contribution in [3.63, 3.8) is 0 Å². The van der Waals surface area contributed by atoms with Gasteiger partial charge in [-0.3, -0.25) is 0 Å². The minimum Gasteiger partial charge on any atom is -0.403 e. The Bertz CT molecular complexity index is 96.4. The predicted octanol–water partition coefficient (Wildman–Crippen LogP) is -0.107. The SMILES string of the molecule is C=C(N)CC.NC(N)=O. The molecule has 0 atom stereocenters. The lowest BCUT2D eigenvalue weighted by Gasteiger charge is -1.81. The first-order chi connectivity index (χ1) is 4.00. The molecule has 0 saturated carbocycles. The van der Waals surface area contributed by atoms with E-state index < -0.39 is 6.03 Å². The average Bonchev–Trinajstić information content (AvgIpc) is 1.65. The summed E-state index contributed by atoms with van der Waals surface area (Å²) in [4.78, 5) is 9.00. The van der Waals surface area contributed by atoms with Crippen molar-refractivity contribution in [2.75, 3.05) is 0 Å². The van der Waals surface area contributed by atoms with Gasteiger partial charge in [0.05, 0.1) is 0 Å². The van der Waals surface area contributed by atoms with Crippen LogP contribution in [0.15, 0.2) is 12.3 Å². The van der Waals surface area contributed by atoms with Gasteiger partial charge in [-0.1, -0.05) is 13.5 Å². The average molecular weight is 131 g/mol. The normalized spacial score (nSPS) is 6.78. The largest absolute Gasteiger partial charge is 0.403 e. The molecule has 9 heavy (non-hydrogen) atoms. The first kappa shape index (κ1) is 10.7. The molecule has 0 unspecified atom stereocenters. The molecule has 0 saturated heterocycles. The fourth-order valence-electron chi connectivity index (χ4n) is 0. The Morgan fingerprint density at radius 3 is 1.56 bits per heavy atom. The van der Waals surface area contributed by atoms with Crippen LogP contribution in [0.2, 0.25) is 0 Å². The van der Waals surface area contributed by atoms with E-state index in [4.69, 9.17) is 10.5 Å². The molecule has 0 aromatic heterocycles. The number of amides is 2. The molecule has 2 amide bonds. The lowest BCUT2D eigenvalue weighted by molar-refractivity contribution is 0.256. The first-order valence-corrected chi connectivity index (χ1v) is 2.48. The minimum absolute atomic E-state index is 0.755. The van der Waals surface area contributed by atoms with Crippen molar-refractivity contribution in [3.05, 3.63) is 12.3 Å². The van der Waals surface area contributed by atoms with Gasteiger partial charge in [0.25, 0.3) is 0 Å². The van der Waals surface area contributed by atoms with Crippen LogP contribution in [0.4, 0.5) is 4.79 Å². The van der Waals surface area contributed by atoms with E-state index >= 15 is 0 Å². The summed E-state index contributed by atoms with van der Waals surface area (Å²) in [6.07, 6.45) is 0.889. The second-order valence-electron chi connectivity index (χ2n) is 1.41. The molecule has 4 nitrogen and oxygen atoms in total. The second-order valence-corrected chi connectivity index (χ2v) is 1.41. The Kier molecular flexibility index (Phi) is 8.12. The number of urea groups is 1. The Morgan fingerprint density at radius 2 is 1.56 bits per heavy atom. The molecule has 0 spiro atoms. The van der Waals surface area contributed by atoms with E-state index in [0.29, 0.717) is 0 Å². The van der Waals surface area contributed by atoms with Gasteiger partial charge < -0.3 is 17.2 Å². The zero-order chi connectivity index (χ0) is 7.86. The highest BCUT2D eigenvalue weighted by molar-refractivity contribution is 5.69. The lowest BCUT2D eigenvalue weighted by Crippen LogP contribution is -2.18. The lowest BCUT2D eigenvalue weighted by atomic mass is 10.4. The van der Waals surface area contributed by atoms with E-state index in [9.17, 15) is 0 Å². The molecule has 0 bridgehead atoms. The predicted molar refractivity (Wildman–Crippen MR) is 37.4 cm³/mol. The molecule has 0 aromatic rings. The van der Waals surface area contributed by atoms with E-state index in [1.54, 1.807) is 0 Å². The molecule has 0 heterocycles. The minimum atomic E-state index is -0.833. The third-order valence-electron chi connectivity index (χ3n) is 0.454. The van der Waals surface area contributed by atoms with E-state index in [1.165, 1.54) is 0 Å². The van der Waals surface area contributed by atoms with Crippen LogP contribution in [0.25, 0.3) is 0 Å². The number of nitrogens with two attached hydrogens (primary N) is 3. The van der Waals surface area contributed by atoms with Crippen LogP contribution in [-0.4, -0.2) is 6.03 Å². The van der Waals surface area contributed by atoms with Crippen molar-refractivity contribution < 1.29 is 4.79 Å². The standard InChI is InChI=1S/C4H9N.CH4N2O/c1-3-4(2)5;2-1(3)4/h2-3,5H2,1H3;(H4,2,3,4). The summed E-state index contributed by atoms with van der Waals surface area (Å²) in [6.45, 7) is 5.43. The highest BCUT2D eigenvalue weighted by Gasteiger charge is 1.67. The number of rotatable bonds is 1. The molecule has 0 radical (unpaired) electrons. The van der Waals surface area contributed by atoms with Crippen LogP contribution < -0.4 is 17.2 Å². The number of carbonyl (C=O) groups excluding carboxylic acids is 1. The summed E-state index contributed by atoms with van der Waals surface area (Å²) in [6, 6.07) is -0.833. The van der Waals surface area contributed by atoms with E-state index in [-0.39, 0.29) is 0 Å². The molecule has 0 rings (SSSR count). The summed E-state index contributed by atoms with van der Waals surface area (Å²) >= 11 is 0. The quantitative estimate of drug-likeness (QED) is 0.463. The van der Waals surface area contributed by atoms with Gasteiger partial charge in [-0.2, -0.15) is 0 Å². The van der Waals surface area contributed by atoms with Gasteiger partial charge in [0.2, 0.25) is 0 Å². The van der Waals surface area contributed by atoms with Gasteiger partial charge in [-0.25, -0.2) is 4.79 Å². The van der Waals surface area contributed by atoms with Crippen LogP contribution in [0.5, 0.6) is 0 Å².